The van der Waals surface area contributed by atoms with Crippen molar-refractivity contribution >= 4 is 16.8 Å². The van der Waals surface area contributed by atoms with Gasteiger partial charge in [0, 0.05) is 25.8 Å². The summed E-state index contributed by atoms with van der Waals surface area (Å²) in [5, 5.41) is 0.544. The number of carbonyl (C=O) groups is 1. The van der Waals surface area contributed by atoms with Crippen molar-refractivity contribution in [2.45, 2.75) is 40.2 Å². The van der Waals surface area contributed by atoms with Gasteiger partial charge in [-0.05, 0) is 81.6 Å². The molecule has 0 bridgehead atoms. The summed E-state index contributed by atoms with van der Waals surface area (Å²) in [5.74, 6) is 0.424. The van der Waals surface area contributed by atoms with E-state index in [2.05, 4.69) is 0 Å². The van der Waals surface area contributed by atoms with Crippen LogP contribution in [-0.2, 0) is 4.74 Å². The average molecular weight is 484 g/mol. The number of methoxy groups -OCH3 is 1. The summed E-state index contributed by atoms with van der Waals surface area (Å²) in [4.78, 5) is 34.3. The maximum atomic E-state index is 13.8. The molecular formula is C30H33N3O3. The largest absolute Gasteiger partial charge is 0.385 e. The Hall–Kier alpha value is -3.77. The van der Waals surface area contributed by atoms with E-state index < -0.39 is 6.04 Å². The highest BCUT2D eigenvalue weighted by molar-refractivity contribution is 5.94. The molecular weight excluding hydrogens is 450 g/mol. The number of carbonyl (C=O) groups excluding carboxylic acids is 1. The van der Waals surface area contributed by atoms with Crippen molar-refractivity contribution in [2.75, 3.05) is 20.3 Å². The third kappa shape index (κ3) is 5.09. The van der Waals surface area contributed by atoms with Gasteiger partial charge in [0.25, 0.3) is 11.5 Å². The fraction of sp³-hybridized carbons (Fsp3) is 0.300. The number of nitrogens with zero attached hydrogens (tertiary/aromatic N) is 3. The van der Waals surface area contributed by atoms with Crippen molar-refractivity contribution in [1.82, 2.24) is 14.5 Å². The molecule has 4 rings (SSSR count). The Morgan fingerprint density at radius 2 is 1.72 bits per heavy atom. The van der Waals surface area contributed by atoms with Crippen molar-refractivity contribution in [1.29, 1.82) is 0 Å². The highest BCUT2D eigenvalue weighted by Gasteiger charge is 2.27. The molecule has 0 saturated carbocycles. The first-order valence-electron chi connectivity index (χ1n) is 12.3. The molecule has 0 fully saturated rings. The van der Waals surface area contributed by atoms with Crippen molar-refractivity contribution in [3.05, 3.63) is 105 Å². The van der Waals surface area contributed by atoms with Crippen LogP contribution >= 0.6 is 0 Å². The Kier molecular flexibility index (Phi) is 7.65. The minimum Gasteiger partial charge on any atom is -0.385 e. The van der Waals surface area contributed by atoms with Gasteiger partial charge < -0.3 is 9.64 Å². The number of aryl methyl sites for hydroxylation is 3. The van der Waals surface area contributed by atoms with Crippen molar-refractivity contribution in [2.24, 2.45) is 0 Å². The Morgan fingerprint density at radius 1 is 1.00 bits per heavy atom. The van der Waals surface area contributed by atoms with Crippen molar-refractivity contribution in [3.63, 3.8) is 0 Å². The Balaban J connectivity index is 1.89. The molecule has 0 radical (unpaired) electrons. The number of benzene rings is 3. The highest BCUT2D eigenvalue weighted by Crippen LogP contribution is 2.26. The van der Waals surface area contributed by atoms with Crippen LogP contribution in [0.2, 0.25) is 0 Å². The number of fused-ring (bicyclic) bond motifs is 1. The molecule has 6 heteroatoms. The second-order valence-corrected chi connectivity index (χ2v) is 9.28. The van der Waals surface area contributed by atoms with Gasteiger partial charge >= 0.3 is 0 Å². The third-order valence-electron chi connectivity index (χ3n) is 6.70. The Bertz CT molecular complexity index is 1440. The molecule has 1 amide bonds. The predicted molar refractivity (Wildman–Crippen MR) is 144 cm³/mol. The van der Waals surface area contributed by atoms with E-state index in [4.69, 9.17) is 9.72 Å². The maximum Gasteiger partial charge on any atom is 0.266 e. The van der Waals surface area contributed by atoms with Crippen LogP contribution in [0.15, 0.2) is 71.5 Å². The summed E-state index contributed by atoms with van der Waals surface area (Å²) in [6.45, 7) is 9.00. The van der Waals surface area contributed by atoms with E-state index in [9.17, 15) is 9.59 Å². The van der Waals surface area contributed by atoms with Crippen LogP contribution in [0.1, 0.15) is 52.3 Å². The van der Waals surface area contributed by atoms with Crippen LogP contribution in [0.4, 0.5) is 0 Å². The van der Waals surface area contributed by atoms with Gasteiger partial charge in [0.2, 0.25) is 0 Å². The second kappa shape index (κ2) is 10.9. The van der Waals surface area contributed by atoms with Crippen LogP contribution < -0.4 is 5.56 Å². The van der Waals surface area contributed by atoms with Crippen molar-refractivity contribution in [3.8, 4) is 5.69 Å². The lowest BCUT2D eigenvalue weighted by Gasteiger charge is -2.31. The average Bonchev–Trinajstić information content (AvgIpc) is 2.88. The number of hydrogen-bond donors (Lipinski definition) is 0. The predicted octanol–water partition coefficient (Wildman–Crippen LogP) is 5.55. The van der Waals surface area contributed by atoms with Crippen LogP contribution in [-0.4, -0.2) is 40.6 Å². The summed E-state index contributed by atoms with van der Waals surface area (Å²) in [5.41, 5.74) is 5.12. The standard InChI is InChI=1S/C30H33N3O3/c1-20-11-14-24(15-12-20)29(34)32(17-8-18-36-5)23(4)28-31-27-10-7-6-9-26(27)30(35)33(28)25-16-13-21(2)22(3)19-25/h6-7,9-16,19,23H,8,17-18H2,1-5H3. The fourth-order valence-corrected chi connectivity index (χ4v) is 4.40. The molecule has 0 N–H and O–H groups in total. The van der Waals surface area contributed by atoms with Gasteiger partial charge in [-0.3, -0.25) is 14.2 Å². The summed E-state index contributed by atoms with van der Waals surface area (Å²) < 4.78 is 6.92. The quantitative estimate of drug-likeness (QED) is 0.308. The second-order valence-electron chi connectivity index (χ2n) is 9.28. The van der Waals surface area contributed by atoms with E-state index in [1.165, 1.54) is 0 Å². The molecule has 1 heterocycles. The van der Waals surface area contributed by atoms with Gasteiger partial charge in [0.15, 0.2) is 0 Å². The molecule has 0 aliphatic heterocycles. The number of hydrogen-bond acceptors (Lipinski definition) is 4. The van der Waals surface area contributed by atoms with E-state index in [1.54, 1.807) is 22.6 Å². The number of para-hydroxylation sites is 1. The van der Waals surface area contributed by atoms with Crippen LogP contribution in [0, 0.1) is 20.8 Å². The van der Waals surface area contributed by atoms with E-state index in [0.717, 1.165) is 22.4 Å². The van der Waals surface area contributed by atoms with Gasteiger partial charge in [0.05, 0.1) is 22.6 Å². The molecule has 6 nitrogen and oxygen atoms in total. The lowest BCUT2D eigenvalue weighted by molar-refractivity contribution is 0.0657. The monoisotopic (exact) mass is 483 g/mol. The van der Waals surface area contributed by atoms with Crippen LogP contribution in [0.3, 0.4) is 0 Å². The van der Waals surface area contributed by atoms with Crippen LogP contribution in [0.25, 0.3) is 16.6 Å². The minimum absolute atomic E-state index is 0.104. The molecule has 1 aromatic heterocycles. The molecule has 4 aromatic rings. The van der Waals surface area contributed by atoms with E-state index in [1.807, 2.05) is 88.4 Å². The zero-order chi connectivity index (χ0) is 25.8. The first-order chi connectivity index (χ1) is 17.3. The number of ether oxygens (including phenoxy) is 1. The summed E-state index contributed by atoms with van der Waals surface area (Å²) >= 11 is 0. The topological polar surface area (TPSA) is 64.4 Å². The molecule has 0 aliphatic rings. The molecule has 36 heavy (non-hydrogen) atoms. The molecule has 1 unspecified atom stereocenters. The smallest absolute Gasteiger partial charge is 0.266 e. The van der Waals surface area contributed by atoms with Gasteiger partial charge in [-0.1, -0.05) is 35.9 Å². The summed E-state index contributed by atoms with van der Waals surface area (Å²) in [6, 6.07) is 20.4. The lowest BCUT2D eigenvalue weighted by atomic mass is 10.1. The maximum absolute atomic E-state index is 13.8. The third-order valence-corrected chi connectivity index (χ3v) is 6.70. The Morgan fingerprint density at radius 3 is 2.42 bits per heavy atom. The summed E-state index contributed by atoms with van der Waals surface area (Å²) in [7, 11) is 1.65. The van der Waals surface area contributed by atoms with E-state index in [0.29, 0.717) is 41.9 Å². The van der Waals surface area contributed by atoms with Gasteiger partial charge in [-0.25, -0.2) is 4.98 Å². The highest BCUT2D eigenvalue weighted by atomic mass is 16.5. The summed E-state index contributed by atoms with van der Waals surface area (Å²) in [6.07, 6.45) is 0.667. The minimum atomic E-state index is -0.463. The van der Waals surface area contributed by atoms with Gasteiger partial charge in [0.1, 0.15) is 5.82 Å². The fourth-order valence-electron chi connectivity index (χ4n) is 4.40. The van der Waals surface area contributed by atoms with Gasteiger partial charge in [-0.15, -0.1) is 0 Å². The molecule has 0 saturated heterocycles. The van der Waals surface area contributed by atoms with E-state index >= 15 is 0 Å². The SMILES string of the molecule is COCCCN(C(=O)c1ccc(C)cc1)C(C)c1nc2ccccc2c(=O)n1-c1ccc(C)c(C)c1. The normalized spacial score (nSPS) is 12.0. The van der Waals surface area contributed by atoms with E-state index in [-0.39, 0.29) is 11.5 Å². The first-order valence-corrected chi connectivity index (χ1v) is 12.3. The number of rotatable bonds is 8. The molecule has 186 valence electrons. The van der Waals surface area contributed by atoms with Crippen LogP contribution in [0.5, 0.6) is 0 Å². The van der Waals surface area contributed by atoms with Gasteiger partial charge in [-0.2, -0.15) is 0 Å². The molecule has 1 atom stereocenters. The number of aromatic nitrogens is 2. The Labute approximate surface area is 212 Å². The zero-order valence-corrected chi connectivity index (χ0v) is 21.6. The first kappa shape index (κ1) is 25.3. The number of amides is 1. The van der Waals surface area contributed by atoms with Crippen molar-refractivity contribution < 1.29 is 9.53 Å². The lowest BCUT2D eigenvalue weighted by Crippen LogP contribution is -2.38. The molecule has 3 aromatic carbocycles. The molecule has 0 aliphatic carbocycles. The zero-order valence-electron chi connectivity index (χ0n) is 21.6. The molecule has 0 spiro atoms.